The summed E-state index contributed by atoms with van der Waals surface area (Å²) in [5.41, 5.74) is 2.01. The normalized spacial score (nSPS) is 16.5. The van der Waals surface area contributed by atoms with Crippen LogP contribution in [0.15, 0.2) is 18.6 Å². The molecular weight excluding hydrogens is 372 g/mol. The van der Waals surface area contributed by atoms with Crippen molar-refractivity contribution in [1.29, 1.82) is 0 Å². The van der Waals surface area contributed by atoms with Gasteiger partial charge in [-0.1, -0.05) is 0 Å². The molecule has 0 spiro atoms. The first-order valence-corrected chi connectivity index (χ1v) is 9.78. The van der Waals surface area contributed by atoms with Crippen molar-refractivity contribution in [2.24, 2.45) is 0 Å². The van der Waals surface area contributed by atoms with Crippen molar-refractivity contribution < 1.29 is 4.74 Å². The number of thiophene rings is 1. The van der Waals surface area contributed by atoms with Crippen molar-refractivity contribution in [1.82, 2.24) is 24.8 Å². The highest BCUT2D eigenvalue weighted by molar-refractivity contribution is 7.19. The predicted molar refractivity (Wildman–Crippen MR) is 104 cm³/mol. The highest BCUT2D eigenvalue weighted by Gasteiger charge is 2.20. The smallest absolute Gasteiger partial charge is 0.224 e. The molecule has 0 bridgehead atoms. The molecule has 3 aromatic rings. The Kier molecular flexibility index (Phi) is 5.08. The van der Waals surface area contributed by atoms with Crippen molar-refractivity contribution in [2.75, 3.05) is 38.3 Å². The van der Waals surface area contributed by atoms with Gasteiger partial charge in [-0.2, -0.15) is 4.98 Å². The number of rotatable bonds is 5. The zero-order valence-electron chi connectivity index (χ0n) is 14.8. The maximum Gasteiger partial charge on any atom is 0.224 e. The molecule has 0 aromatic carbocycles. The number of halogens is 1. The second kappa shape index (κ2) is 7.48. The predicted octanol–water partition coefficient (Wildman–Crippen LogP) is 3.10. The topological polar surface area (TPSA) is 70.2 Å². The van der Waals surface area contributed by atoms with Gasteiger partial charge in [-0.3, -0.25) is 4.90 Å². The van der Waals surface area contributed by atoms with Crippen LogP contribution in [-0.4, -0.2) is 58.2 Å². The summed E-state index contributed by atoms with van der Waals surface area (Å²) in [6.07, 6.45) is 3.58. The molecule has 7 nitrogen and oxygen atoms in total. The minimum Gasteiger partial charge on any atom is -0.378 e. The number of hydrogen-bond donors (Lipinski definition) is 1. The molecule has 1 aliphatic rings. The molecule has 4 heterocycles. The van der Waals surface area contributed by atoms with Crippen LogP contribution in [-0.2, 0) is 11.3 Å². The third kappa shape index (κ3) is 3.55. The summed E-state index contributed by atoms with van der Waals surface area (Å²) in [5, 5.41) is 0.294. The zero-order valence-corrected chi connectivity index (χ0v) is 16.3. The largest absolute Gasteiger partial charge is 0.378 e. The van der Waals surface area contributed by atoms with Crippen molar-refractivity contribution in [3.8, 4) is 0 Å². The molecule has 4 rings (SSSR count). The number of hydrogen-bond acceptors (Lipinski definition) is 7. The van der Waals surface area contributed by atoms with E-state index in [1.165, 1.54) is 4.88 Å². The number of nitrogens with zero attached hydrogens (tertiary/aromatic N) is 5. The molecule has 26 heavy (non-hydrogen) atoms. The van der Waals surface area contributed by atoms with Gasteiger partial charge in [0.25, 0.3) is 0 Å². The molecule has 3 aromatic heterocycles. The maximum absolute atomic E-state index is 6.18. The van der Waals surface area contributed by atoms with Crippen LogP contribution in [0, 0.1) is 0 Å². The summed E-state index contributed by atoms with van der Waals surface area (Å²) in [4.78, 5) is 22.0. The van der Waals surface area contributed by atoms with Crippen molar-refractivity contribution in [3.63, 3.8) is 0 Å². The Morgan fingerprint density at radius 3 is 2.92 bits per heavy atom. The summed E-state index contributed by atoms with van der Waals surface area (Å²) < 4.78 is 6.55. The van der Waals surface area contributed by atoms with Gasteiger partial charge in [0.05, 0.1) is 35.5 Å². The van der Waals surface area contributed by atoms with Crippen LogP contribution in [0.3, 0.4) is 0 Å². The van der Waals surface area contributed by atoms with Crippen molar-refractivity contribution in [2.45, 2.75) is 19.5 Å². The minimum atomic E-state index is 0.246. The monoisotopic (exact) mass is 392 g/mol. The standard InChI is InChI=1S/C17H21ClN6OS/c1-11(14-8-19-10-20-14)23(2)9-12-7-13-15(26-12)16(22-17(18)21-13)24-3-5-25-6-4-24/h7-8,10-11H,3-6,9H2,1-2H3,(H,19,20). The molecule has 0 saturated carbocycles. The lowest BCUT2D eigenvalue weighted by Gasteiger charge is -2.28. The van der Waals surface area contributed by atoms with Crippen LogP contribution < -0.4 is 4.90 Å². The molecule has 0 aliphatic carbocycles. The lowest BCUT2D eigenvalue weighted by atomic mass is 10.2. The first-order valence-electron chi connectivity index (χ1n) is 8.59. The molecule has 1 unspecified atom stereocenters. The number of ether oxygens (including phenoxy) is 1. The summed E-state index contributed by atoms with van der Waals surface area (Å²) in [5.74, 6) is 0.920. The molecule has 9 heteroatoms. The first-order chi connectivity index (χ1) is 12.6. The van der Waals surface area contributed by atoms with Gasteiger partial charge < -0.3 is 14.6 Å². The minimum absolute atomic E-state index is 0.246. The van der Waals surface area contributed by atoms with Gasteiger partial charge in [0.15, 0.2) is 5.82 Å². The number of aromatic nitrogens is 4. The second-order valence-electron chi connectivity index (χ2n) is 6.44. The fraction of sp³-hybridized carbons (Fsp3) is 0.471. The Bertz CT molecular complexity index is 877. The maximum atomic E-state index is 6.18. The van der Waals surface area contributed by atoms with Gasteiger partial charge in [0.1, 0.15) is 0 Å². The summed E-state index contributed by atoms with van der Waals surface area (Å²) in [7, 11) is 2.11. The van der Waals surface area contributed by atoms with E-state index in [1.54, 1.807) is 17.7 Å². The van der Waals surface area contributed by atoms with Crippen LogP contribution in [0.5, 0.6) is 0 Å². The van der Waals surface area contributed by atoms with Gasteiger partial charge in [-0.25, -0.2) is 9.97 Å². The number of H-pyrrole nitrogens is 1. The van der Waals surface area contributed by atoms with Gasteiger partial charge in [0, 0.05) is 36.8 Å². The Morgan fingerprint density at radius 1 is 1.38 bits per heavy atom. The molecule has 1 aliphatic heterocycles. The number of fused-ring (bicyclic) bond motifs is 1. The average Bonchev–Trinajstić information content (AvgIpc) is 3.30. The fourth-order valence-electron chi connectivity index (χ4n) is 3.12. The average molecular weight is 393 g/mol. The third-order valence-corrected chi connectivity index (χ3v) is 6.00. The number of aromatic amines is 1. The third-order valence-electron chi connectivity index (χ3n) is 4.72. The van der Waals surface area contributed by atoms with E-state index in [0.717, 1.165) is 41.4 Å². The lowest BCUT2D eigenvalue weighted by molar-refractivity contribution is 0.122. The highest BCUT2D eigenvalue weighted by atomic mass is 35.5. The van der Waals surface area contributed by atoms with Crippen LogP contribution in [0.25, 0.3) is 10.2 Å². The first kappa shape index (κ1) is 17.7. The number of anilines is 1. The van der Waals surface area contributed by atoms with E-state index in [0.29, 0.717) is 18.5 Å². The van der Waals surface area contributed by atoms with Crippen LogP contribution >= 0.6 is 22.9 Å². The molecular formula is C17H21ClN6OS. The molecule has 1 atom stereocenters. The summed E-state index contributed by atoms with van der Waals surface area (Å²) in [6, 6.07) is 2.37. The van der Waals surface area contributed by atoms with Gasteiger partial charge >= 0.3 is 0 Å². The van der Waals surface area contributed by atoms with Crippen LogP contribution in [0.2, 0.25) is 5.28 Å². The van der Waals surface area contributed by atoms with E-state index >= 15 is 0 Å². The number of imidazole rings is 1. The van der Waals surface area contributed by atoms with Crippen LogP contribution in [0.4, 0.5) is 5.82 Å². The quantitative estimate of drug-likeness (QED) is 0.673. The Hall–Kier alpha value is -1.74. The van der Waals surface area contributed by atoms with E-state index in [1.807, 2.05) is 6.20 Å². The Labute approximate surface area is 161 Å². The van der Waals surface area contributed by atoms with Gasteiger partial charge in [0.2, 0.25) is 5.28 Å². The number of morpholine rings is 1. The van der Waals surface area contributed by atoms with E-state index in [9.17, 15) is 0 Å². The Balaban J connectivity index is 1.60. The van der Waals surface area contributed by atoms with Crippen LogP contribution in [0.1, 0.15) is 23.5 Å². The van der Waals surface area contributed by atoms with Gasteiger partial charge in [-0.05, 0) is 31.6 Å². The van der Waals surface area contributed by atoms with Crippen molar-refractivity contribution in [3.05, 3.63) is 34.4 Å². The van der Waals surface area contributed by atoms with Gasteiger partial charge in [-0.15, -0.1) is 11.3 Å². The molecule has 1 saturated heterocycles. The second-order valence-corrected chi connectivity index (χ2v) is 7.92. The highest BCUT2D eigenvalue weighted by Crippen LogP contribution is 2.34. The molecule has 1 fully saturated rings. The molecule has 1 N–H and O–H groups in total. The Morgan fingerprint density at radius 2 is 2.19 bits per heavy atom. The fourth-order valence-corrected chi connectivity index (χ4v) is 4.47. The van der Waals surface area contributed by atoms with E-state index in [-0.39, 0.29) is 6.04 Å². The number of nitrogens with one attached hydrogen (secondary N) is 1. The van der Waals surface area contributed by atoms with E-state index in [2.05, 4.69) is 49.8 Å². The van der Waals surface area contributed by atoms with E-state index < -0.39 is 0 Å². The molecule has 138 valence electrons. The zero-order chi connectivity index (χ0) is 18.1. The van der Waals surface area contributed by atoms with Crippen molar-refractivity contribution >= 4 is 39.0 Å². The lowest BCUT2D eigenvalue weighted by Crippen LogP contribution is -2.36. The molecule has 0 amide bonds. The SMILES string of the molecule is CC(c1cnc[nH]1)N(C)Cc1cc2nc(Cl)nc(N3CCOCC3)c2s1. The summed E-state index contributed by atoms with van der Waals surface area (Å²) in [6.45, 7) is 6.06. The van der Waals surface area contributed by atoms with E-state index in [4.69, 9.17) is 16.3 Å². The summed E-state index contributed by atoms with van der Waals surface area (Å²) >= 11 is 7.91. The molecule has 0 radical (unpaired) electrons.